The molecule has 0 bridgehead atoms. The summed E-state index contributed by atoms with van der Waals surface area (Å²) in [5.74, 6) is 1.00. The van der Waals surface area contributed by atoms with E-state index in [1.807, 2.05) is 0 Å². The molecule has 0 N–H and O–H groups in total. The predicted molar refractivity (Wildman–Crippen MR) is 215 cm³/mol. The predicted octanol–water partition coefficient (Wildman–Crippen LogP) is 12.7. The molecule has 8 aromatic carbocycles. The summed E-state index contributed by atoms with van der Waals surface area (Å²) in [6.45, 7) is 3.05. The van der Waals surface area contributed by atoms with Crippen molar-refractivity contribution in [3.05, 3.63) is 170 Å². The van der Waals surface area contributed by atoms with Gasteiger partial charge in [0.15, 0.2) is 0 Å². The standard InChI is InChI=1S/C48H33N3/c1-2-51-45-21-10-9-20-44(45)50-48(51)33-25-22-32(23-26-33)35-14-11-15-36(28-35)41-30-42-46(39-17-6-5-16-38(39)41)40-18-7-8-19-43(40)49-47(42)37-27-24-31-12-3-4-13-34(31)29-37/h3-30H,2H2,1H3. The van der Waals surface area contributed by atoms with E-state index in [0.717, 1.165) is 45.6 Å². The topological polar surface area (TPSA) is 30.7 Å². The maximum atomic E-state index is 5.34. The second-order valence-electron chi connectivity index (χ2n) is 13.3. The maximum absolute atomic E-state index is 5.34. The number of rotatable bonds is 5. The van der Waals surface area contributed by atoms with Gasteiger partial charge in [-0.15, -0.1) is 0 Å². The molecule has 0 spiro atoms. The number of benzene rings is 8. The number of hydrogen-bond donors (Lipinski definition) is 0. The summed E-state index contributed by atoms with van der Waals surface area (Å²) in [6, 6.07) is 61.2. The fourth-order valence-corrected chi connectivity index (χ4v) is 7.91. The second-order valence-corrected chi connectivity index (χ2v) is 13.3. The first-order chi connectivity index (χ1) is 25.2. The number of hydrogen-bond acceptors (Lipinski definition) is 2. The SMILES string of the molecule is CCn1c(-c2ccc(-c3cccc(-c4cc5c(-c6ccc7ccccc7c6)nc6ccccc6c5c5ccccc45)c3)cc2)nc2ccccc21. The minimum atomic E-state index is 0.868. The molecule has 0 aliphatic rings. The Hall–Kier alpha value is -6.58. The molecule has 0 aliphatic carbocycles. The highest BCUT2D eigenvalue weighted by Crippen LogP contribution is 2.42. The zero-order valence-electron chi connectivity index (χ0n) is 28.2. The van der Waals surface area contributed by atoms with Crippen LogP contribution in [0.1, 0.15) is 6.92 Å². The quantitative estimate of drug-likeness (QED) is 0.173. The van der Waals surface area contributed by atoms with Gasteiger partial charge in [0.1, 0.15) is 5.82 Å². The van der Waals surface area contributed by atoms with Crippen LogP contribution < -0.4 is 0 Å². The van der Waals surface area contributed by atoms with Gasteiger partial charge in [-0.05, 0) is 87.1 Å². The molecule has 240 valence electrons. The largest absolute Gasteiger partial charge is 0.324 e. The van der Waals surface area contributed by atoms with Gasteiger partial charge in [0.05, 0.1) is 22.2 Å². The van der Waals surface area contributed by atoms with Crippen LogP contribution in [-0.2, 0) is 6.54 Å². The van der Waals surface area contributed by atoms with E-state index in [0.29, 0.717) is 0 Å². The van der Waals surface area contributed by atoms with Gasteiger partial charge in [-0.25, -0.2) is 9.97 Å². The van der Waals surface area contributed by atoms with Gasteiger partial charge in [-0.2, -0.15) is 0 Å². The normalized spacial score (nSPS) is 11.7. The zero-order valence-corrected chi connectivity index (χ0v) is 28.2. The Balaban J connectivity index is 1.14. The average molecular weight is 652 g/mol. The van der Waals surface area contributed by atoms with Crippen LogP contribution in [0.5, 0.6) is 0 Å². The van der Waals surface area contributed by atoms with Crippen molar-refractivity contribution in [2.75, 3.05) is 0 Å². The lowest BCUT2D eigenvalue weighted by atomic mass is 9.89. The van der Waals surface area contributed by atoms with Crippen LogP contribution in [0.2, 0.25) is 0 Å². The highest BCUT2D eigenvalue weighted by atomic mass is 15.1. The van der Waals surface area contributed by atoms with Gasteiger partial charge < -0.3 is 4.57 Å². The molecule has 2 heterocycles. The molecule has 3 heteroatoms. The molecule has 51 heavy (non-hydrogen) atoms. The highest BCUT2D eigenvalue weighted by Gasteiger charge is 2.17. The Morgan fingerprint density at radius 2 is 1.10 bits per heavy atom. The van der Waals surface area contributed by atoms with Crippen LogP contribution >= 0.6 is 0 Å². The molecule has 3 nitrogen and oxygen atoms in total. The minimum Gasteiger partial charge on any atom is -0.324 e. The van der Waals surface area contributed by atoms with E-state index >= 15 is 0 Å². The maximum Gasteiger partial charge on any atom is 0.141 e. The number of fused-ring (bicyclic) bond motifs is 7. The summed E-state index contributed by atoms with van der Waals surface area (Å²) in [4.78, 5) is 10.3. The van der Waals surface area contributed by atoms with E-state index in [9.17, 15) is 0 Å². The van der Waals surface area contributed by atoms with Crippen LogP contribution in [0.3, 0.4) is 0 Å². The molecule has 0 radical (unpaired) electrons. The molecule has 10 rings (SSSR count). The van der Waals surface area contributed by atoms with Crippen molar-refractivity contribution in [3.8, 4) is 44.9 Å². The lowest BCUT2D eigenvalue weighted by Crippen LogP contribution is -1.97. The van der Waals surface area contributed by atoms with Crippen molar-refractivity contribution in [3.63, 3.8) is 0 Å². The van der Waals surface area contributed by atoms with Crippen LogP contribution in [0.25, 0.3) is 99.2 Å². The first kappa shape index (κ1) is 29.3. The molecule has 0 aliphatic heterocycles. The Morgan fingerprint density at radius 1 is 0.431 bits per heavy atom. The number of para-hydroxylation sites is 3. The second kappa shape index (κ2) is 11.8. The fourth-order valence-electron chi connectivity index (χ4n) is 7.91. The first-order valence-corrected chi connectivity index (χ1v) is 17.6. The van der Waals surface area contributed by atoms with Gasteiger partial charge >= 0.3 is 0 Å². The van der Waals surface area contributed by atoms with Gasteiger partial charge in [0.25, 0.3) is 0 Å². The van der Waals surface area contributed by atoms with E-state index in [4.69, 9.17) is 9.97 Å². The molecule has 10 aromatic rings. The fraction of sp³-hybridized carbons (Fsp3) is 0.0417. The van der Waals surface area contributed by atoms with Gasteiger partial charge in [0, 0.05) is 33.8 Å². The van der Waals surface area contributed by atoms with Gasteiger partial charge in [-0.1, -0.05) is 133 Å². The van der Waals surface area contributed by atoms with Crippen molar-refractivity contribution < 1.29 is 0 Å². The Morgan fingerprint density at radius 3 is 1.94 bits per heavy atom. The number of aromatic nitrogens is 3. The average Bonchev–Trinajstić information content (AvgIpc) is 3.59. The van der Waals surface area contributed by atoms with Crippen molar-refractivity contribution in [2.45, 2.75) is 13.5 Å². The minimum absolute atomic E-state index is 0.868. The van der Waals surface area contributed by atoms with E-state index in [1.165, 1.54) is 60.1 Å². The summed E-state index contributed by atoms with van der Waals surface area (Å²) in [5, 5.41) is 8.48. The molecular weight excluding hydrogens is 619 g/mol. The van der Waals surface area contributed by atoms with Crippen molar-refractivity contribution in [1.29, 1.82) is 0 Å². The molecule has 0 saturated heterocycles. The molecule has 2 aromatic heterocycles. The summed E-state index contributed by atoms with van der Waals surface area (Å²) in [6.07, 6.45) is 0. The molecule has 0 saturated carbocycles. The van der Waals surface area contributed by atoms with Crippen molar-refractivity contribution in [2.24, 2.45) is 0 Å². The molecule has 0 atom stereocenters. The molecule has 0 unspecified atom stereocenters. The number of aryl methyl sites for hydroxylation is 1. The number of pyridine rings is 1. The van der Waals surface area contributed by atoms with E-state index in [1.54, 1.807) is 0 Å². The highest BCUT2D eigenvalue weighted by molar-refractivity contribution is 6.25. The molecule has 0 fully saturated rings. The number of imidazole rings is 1. The smallest absolute Gasteiger partial charge is 0.141 e. The van der Waals surface area contributed by atoms with Crippen LogP contribution in [0.4, 0.5) is 0 Å². The van der Waals surface area contributed by atoms with E-state index in [2.05, 4.69) is 181 Å². The lowest BCUT2D eigenvalue weighted by molar-refractivity contribution is 0.796. The van der Waals surface area contributed by atoms with Gasteiger partial charge in [-0.3, -0.25) is 0 Å². The lowest BCUT2D eigenvalue weighted by Gasteiger charge is -2.17. The van der Waals surface area contributed by atoms with Crippen molar-refractivity contribution >= 4 is 54.3 Å². The first-order valence-electron chi connectivity index (χ1n) is 17.6. The summed E-state index contributed by atoms with van der Waals surface area (Å²) >= 11 is 0. The van der Waals surface area contributed by atoms with E-state index in [-0.39, 0.29) is 0 Å². The van der Waals surface area contributed by atoms with Gasteiger partial charge in [0.2, 0.25) is 0 Å². The summed E-state index contributed by atoms with van der Waals surface area (Å²) in [5.41, 5.74) is 11.2. The van der Waals surface area contributed by atoms with Crippen molar-refractivity contribution in [1.82, 2.24) is 14.5 Å². The van der Waals surface area contributed by atoms with Crippen LogP contribution in [0, 0.1) is 0 Å². The third kappa shape index (κ3) is 4.81. The Labute approximate surface area is 296 Å². The van der Waals surface area contributed by atoms with Crippen LogP contribution in [-0.4, -0.2) is 14.5 Å². The third-order valence-electron chi connectivity index (χ3n) is 10.3. The zero-order chi connectivity index (χ0) is 33.9. The summed E-state index contributed by atoms with van der Waals surface area (Å²) < 4.78 is 2.29. The Bertz CT molecular complexity index is 2950. The third-order valence-corrected chi connectivity index (χ3v) is 10.3. The monoisotopic (exact) mass is 651 g/mol. The van der Waals surface area contributed by atoms with Crippen LogP contribution in [0.15, 0.2) is 170 Å². The number of nitrogens with zero attached hydrogens (tertiary/aromatic N) is 3. The molecule has 0 amide bonds. The Kier molecular flexibility index (Phi) is 6.78. The molecular formula is C48H33N3. The van der Waals surface area contributed by atoms with E-state index < -0.39 is 0 Å². The summed E-state index contributed by atoms with van der Waals surface area (Å²) in [7, 11) is 0.